The van der Waals surface area contributed by atoms with Gasteiger partial charge in [-0.1, -0.05) is 38.0 Å². The molecule has 0 bridgehead atoms. The van der Waals surface area contributed by atoms with E-state index in [0.29, 0.717) is 5.75 Å². The van der Waals surface area contributed by atoms with Gasteiger partial charge in [0.15, 0.2) is 0 Å². The number of benzene rings is 1. The second-order valence-electron chi connectivity index (χ2n) is 3.08. The van der Waals surface area contributed by atoms with Crippen molar-refractivity contribution in [2.24, 2.45) is 0 Å². The van der Waals surface area contributed by atoms with Crippen LogP contribution in [0.5, 0.6) is 5.75 Å². The average molecular weight is 191 g/mol. The van der Waals surface area contributed by atoms with Gasteiger partial charge in [0.2, 0.25) is 0 Å². The molecule has 1 aromatic carbocycles. The van der Waals surface area contributed by atoms with Gasteiger partial charge in [-0.25, -0.2) is 0 Å². The molecule has 0 aliphatic carbocycles. The van der Waals surface area contributed by atoms with Crippen LogP contribution in [0.1, 0.15) is 26.2 Å². The molecule has 0 atom stereocenters. The summed E-state index contributed by atoms with van der Waals surface area (Å²) in [4.78, 5) is 11.2. The molecule has 0 aliphatic heterocycles. The first-order valence-electron chi connectivity index (χ1n) is 4.93. The number of esters is 1. The Labute approximate surface area is 84.9 Å². The van der Waals surface area contributed by atoms with Crippen LogP contribution in [-0.2, 0) is 4.79 Å². The normalized spacial score (nSPS) is 9.79. The standard InChI is InChI=1S/C12H15O2/c1-2-3-5-10-12(13)14-11-8-6-4-7-9-11/h4,6-10H,2-3,5H2,1H3. The van der Waals surface area contributed by atoms with Gasteiger partial charge >= 0.3 is 5.97 Å². The molecule has 2 nitrogen and oxygen atoms in total. The van der Waals surface area contributed by atoms with E-state index in [1.54, 1.807) is 18.6 Å². The van der Waals surface area contributed by atoms with E-state index in [1.807, 2.05) is 18.2 Å². The number of rotatable bonds is 5. The Kier molecular flexibility index (Phi) is 4.76. The fourth-order valence-corrected chi connectivity index (χ4v) is 1.07. The molecule has 0 spiro atoms. The number of ether oxygens (including phenoxy) is 1. The predicted molar refractivity (Wildman–Crippen MR) is 55.9 cm³/mol. The molecule has 0 saturated heterocycles. The van der Waals surface area contributed by atoms with Gasteiger partial charge in [0.1, 0.15) is 5.75 Å². The van der Waals surface area contributed by atoms with E-state index < -0.39 is 0 Å². The third-order valence-corrected chi connectivity index (χ3v) is 1.83. The first kappa shape index (κ1) is 10.8. The topological polar surface area (TPSA) is 26.3 Å². The maximum atomic E-state index is 11.2. The van der Waals surface area contributed by atoms with Crippen molar-refractivity contribution in [3.63, 3.8) is 0 Å². The van der Waals surface area contributed by atoms with Gasteiger partial charge in [0, 0.05) is 0 Å². The highest BCUT2D eigenvalue weighted by Gasteiger charge is 2.03. The molecular weight excluding hydrogens is 176 g/mol. The average Bonchev–Trinajstić information content (AvgIpc) is 2.20. The Bertz CT molecular complexity index is 267. The number of para-hydroxylation sites is 1. The van der Waals surface area contributed by atoms with E-state index in [2.05, 4.69) is 6.92 Å². The van der Waals surface area contributed by atoms with Gasteiger partial charge in [-0.2, -0.15) is 0 Å². The summed E-state index contributed by atoms with van der Waals surface area (Å²) >= 11 is 0. The quantitative estimate of drug-likeness (QED) is 0.406. The van der Waals surface area contributed by atoms with Crippen molar-refractivity contribution in [3.05, 3.63) is 36.8 Å². The van der Waals surface area contributed by atoms with Crippen LogP contribution in [0.4, 0.5) is 0 Å². The van der Waals surface area contributed by atoms with Crippen LogP contribution in [0, 0.1) is 6.42 Å². The van der Waals surface area contributed by atoms with Gasteiger partial charge in [-0.3, -0.25) is 4.79 Å². The third kappa shape index (κ3) is 4.08. The lowest BCUT2D eigenvalue weighted by atomic mass is 10.2. The van der Waals surface area contributed by atoms with Crippen LogP contribution in [0.25, 0.3) is 0 Å². The Morgan fingerprint density at radius 2 is 2.07 bits per heavy atom. The molecule has 1 aromatic rings. The number of carbonyl (C=O) groups is 1. The SMILES string of the molecule is CCCC[CH]C(=O)Oc1ccccc1. The molecule has 0 aromatic heterocycles. The molecule has 0 saturated carbocycles. The summed E-state index contributed by atoms with van der Waals surface area (Å²) in [7, 11) is 0. The lowest BCUT2D eigenvalue weighted by Crippen LogP contribution is -2.07. The van der Waals surface area contributed by atoms with Crippen LogP contribution in [0.3, 0.4) is 0 Å². The summed E-state index contributed by atoms with van der Waals surface area (Å²) in [6.07, 6.45) is 4.51. The van der Waals surface area contributed by atoms with Crippen molar-refractivity contribution < 1.29 is 9.53 Å². The summed E-state index contributed by atoms with van der Waals surface area (Å²) < 4.78 is 5.07. The summed E-state index contributed by atoms with van der Waals surface area (Å²) in [6, 6.07) is 9.11. The lowest BCUT2D eigenvalue weighted by Gasteiger charge is -2.02. The van der Waals surface area contributed by atoms with Crippen molar-refractivity contribution in [2.75, 3.05) is 0 Å². The number of hydrogen-bond donors (Lipinski definition) is 0. The van der Waals surface area contributed by atoms with Crippen LogP contribution < -0.4 is 4.74 Å². The second kappa shape index (κ2) is 6.19. The van der Waals surface area contributed by atoms with Gasteiger partial charge < -0.3 is 4.74 Å². The van der Waals surface area contributed by atoms with E-state index in [1.165, 1.54) is 0 Å². The smallest absolute Gasteiger partial charge is 0.315 e. The summed E-state index contributed by atoms with van der Waals surface area (Å²) in [5.74, 6) is 0.342. The van der Waals surface area contributed by atoms with Crippen molar-refractivity contribution in [1.29, 1.82) is 0 Å². The fraction of sp³-hybridized carbons (Fsp3) is 0.333. The maximum absolute atomic E-state index is 11.2. The van der Waals surface area contributed by atoms with Gasteiger partial charge in [-0.05, 0) is 18.6 Å². The molecule has 0 N–H and O–H groups in total. The summed E-state index contributed by atoms with van der Waals surface area (Å²) in [6.45, 7) is 2.09. The van der Waals surface area contributed by atoms with Crippen LogP contribution in [-0.4, -0.2) is 5.97 Å². The molecule has 0 unspecified atom stereocenters. The van der Waals surface area contributed by atoms with E-state index >= 15 is 0 Å². The first-order valence-corrected chi connectivity index (χ1v) is 4.93. The second-order valence-corrected chi connectivity index (χ2v) is 3.08. The predicted octanol–water partition coefficient (Wildman–Crippen LogP) is 2.99. The Morgan fingerprint density at radius 1 is 1.36 bits per heavy atom. The van der Waals surface area contributed by atoms with Gasteiger partial charge in [0.25, 0.3) is 0 Å². The number of hydrogen-bond acceptors (Lipinski definition) is 2. The molecule has 0 amide bonds. The molecular formula is C12H15O2. The minimum atomic E-state index is -0.260. The van der Waals surface area contributed by atoms with E-state index in [-0.39, 0.29) is 5.97 Å². The molecule has 0 fully saturated rings. The zero-order chi connectivity index (χ0) is 10.2. The van der Waals surface area contributed by atoms with E-state index in [9.17, 15) is 4.79 Å². The van der Waals surface area contributed by atoms with E-state index in [0.717, 1.165) is 19.3 Å². The molecule has 1 radical (unpaired) electrons. The molecule has 0 heterocycles. The third-order valence-electron chi connectivity index (χ3n) is 1.83. The van der Waals surface area contributed by atoms with Crippen molar-refractivity contribution in [3.8, 4) is 5.75 Å². The highest BCUT2D eigenvalue weighted by Crippen LogP contribution is 2.10. The van der Waals surface area contributed by atoms with Crippen LogP contribution >= 0.6 is 0 Å². The van der Waals surface area contributed by atoms with Crippen molar-refractivity contribution >= 4 is 5.97 Å². The highest BCUT2D eigenvalue weighted by atomic mass is 16.5. The molecule has 75 valence electrons. The Hall–Kier alpha value is -1.31. The van der Waals surface area contributed by atoms with Gasteiger partial charge in [-0.15, -0.1) is 0 Å². The first-order chi connectivity index (χ1) is 6.83. The monoisotopic (exact) mass is 191 g/mol. The van der Waals surface area contributed by atoms with E-state index in [4.69, 9.17) is 4.74 Å². The maximum Gasteiger partial charge on any atom is 0.315 e. The minimum Gasteiger partial charge on any atom is -0.426 e. The van der Waals surface area contributed by atoms with Crippen LogP contribution in [0.2, 0.25) is 0 Å². The Morgan fingerprint density at radius 3 is 2.71 bits per heavy atom. The van der Waals surface area contributed by atoms with Crippen molar-refractivity contribution in [1.82, 2.24) is 0 Å². The molecule has 14 heavy (non-hydrogen) atoms. The lowest BCUT2D eigenvalue weighted by molar-refractivity contribution is -0.130. The fourth-order valence-electron chi connectivity index (χ4n) is 1.07. The molecule has 2 heteroatoms. The van der Waals surface area contributed by atoms with Crippen LogP contribution in [0.15, 0.2) is 30.3 Å². The molecule has 0 aliphatic rings. The Balaban J connectivity index is 2.27. The summed E-state index contributed by atoms with van der Waals surface area (Å²) in [5, 5.41) is 0. The zero-order valence-corrected chi connectivity index (χ0v) is 8.40. The number of unbranched alkanes of at least 4 members (excludes halogenated alkanes) is 2. The molecule has 1 rings (SSSR count). The van der Waals surface area contributed by atoms with Crippen molar-refractivity contribution in [2.45, 2.75) is 26.2 Å². The largest absolute Gasteiger partial charge is 0.426 e. The highest BCUT2D eigenvalue weighted by molar-refractivity contribution is 5.80. The van der Waals surface area contributed by atoms with Gasteiger partial charge in [0.05, 0.1) is 6.42 Å². The minimum absolute atomic E-state index is 0.260. The zero-order valence-electron chi connectivity index (χ0n) is 8.40. The number of carbonyl (C=O) groups excluding carboxylic acids is 1. The summed E-state index contributed by atoms with van der Waals surface area (Å²) in [5.41, 5.74) is 0.